The van der Waals surface area contributed by atoms with E-state index in [9.17, 15) is 9.59 Å². The minimum Gasteiger partial charge on any atom is -0.486 e. The van der Waals surface area contributed by atoms with Gasteiger partial charge in [0, 0.05) is 0 Å². The van der Waals surface area contributed by atoms with Crippen LogP contribution >= 0.6 is 11.6 Å². The maximum Gasteiger partial charge on any atom is 0.325 e. The highest BCUT2D eigenvalue weighted by atomic mass is 35.5. The molecule has 0 saturated carbocycles. The number of urea groups is 1. The number of carbonyl (C=O) groups is 2. The molecule has 6 nitrogen and oxygen atoms in total. The average molecular weight is 387 g/mol. The van der Waals surface area contributed by atoms with E-state index in [2.05, 4.69) is 5.32 Å². The van der Waals surface area contributed by atoms with Crippen LogP contribution in [0, 0.1) is 0 Å². The van der Waals surface area contributed by atoms with Crippen LogP contribution in [0.5, 0.6) is 11.5 Å². The molecule has 7 heteroatoms. The first-order chi connectivity index (χ1) is 13.0. The molecule has 1 saturated heterocycles. The van der Waals surface area contributed by atoms with Crippen molar-refractivity contribution in [1.82, 2.24) is 10.2 Å². The van der Waals surface area contributed by atoms with E-state index >= 15 is 0 Å². The van der Waals surface area contributed by atoms with Gasteiger partial charge in [-0.15, -0.1) is 0 Å². The molecule has 3 amide bonds. The van der Waals surface area contributed by atoms with E-state index in [1.807, 2.05) is 37.3 Å². The lowest BCUT2D eigenvalue weighted by Gasteiger charge is -2.26. The monoisotopic (exact) mass is 386 g/mol. The van der Waals surface area contributed by atoms with Gasteiger partial charge in [-0.25, -0.2) is 4.79 Å². The predicted molar refractivity (Wildman–Crippen MR) is 99.9 cm³/mol. The van der Waals surface area contributed by atoms with Gasteiger partial charge in [0.1, 0.15) is 18.8 Å². The fourth-order valence-corrected chi connectivity index (χ4v) is 3.86. The van der Waals surface area contributed by atoms with Crippen LogP contribution in [0.25, 0.3) is 0 Å². The summed E-state index contributed by atoms with van der Waals surface area (Å²) in [6, 6.07) is 12.3. The van der Waals surface area contributed by atoms with E-state index in [0.29, 0.717) is 41.7 Å². The molecule has 1 N–H and O–H groups in total. The average Bonchev–Trinajstić information content (AvgIpc) is 2.94. The van der Waals surface area contributed by atoms with Gasteiger partial charge in [0.05, 0.1) is 11.6 Å². The quantitative estimate of drug-likeness (QED) is 0.817. The first-order valence-corrected chi connectivity index (χ1v) is 9.20. The number of rotatable bonds is 4. The summed E-state index contributed by atoms with van der Waals surface area (Å²) in [6.45, 7) is 2.86. The topological polar surface area (TPSA) is 67.9 Å². The maximum atomic E-state index is 13.2. The Balaban J connectivity index is 1.65. The number of imide groups is 1. The Labute approximate surface area is 162 Å². The number of hydrogen-bond donors (Lipinski definition) is 1. The first kappa shape index (κ1) is 17.7. The number of ether oxygens (including phenoxy) is 2. The second-order valence-electron chi connectivity index (χ2n) is 6.55. The summed E-state index contributed by atoms with van der Waals surface area (Å²) in [4.78, 5) is 27.0. The van der Waals surface area contributed by atoms with Crippen molar-refractivity contribution < 1.29 is 19.1 Å². The van der Waals surface area contributed by atoms with Crippen molar-refractivity contribution in [3.8, 4) is 11.5 Å². The summed E-state index contributed by atoms with van der Waals surface area (Å²) in [5, 5.41) is 3.28. The molecule has 27 heavy (non-hydrogen) atoms. The van der Waals surface area contributed by atoms with E-state index in [4.69, 9.17) is 21.1 Å². The highest BCUT2D eigenvalue weighted by molar-refractivity contribution is 6.32. The molecule has 2 aromatic rings. The van der Waals surface area contributed by atoms with Crippen molar-refractivity contribution in [3.05, 3.63) is 58.6 Å². The molecule has 140 valence electrons. The zero-order valence-corrected chi connectivity index (χ0v) is 15.6. The molecule has 1 unspecified atom stereocenters. The number of halogens is 1. The molecule has 0 spiro atoms. The smallest absolute Gasteiger partial charge is 0.325 e. The lowest BCUT2D eigenvalue weighted by Crippen LogP contribution is -2.43. The number of benzene rings is 2. The Morgan fingerprint density at radius 2 is 1.89 bits per heavy atom. The van der Waals surface area contributed by atoms with Crippen LogP contribution in [0.2, 0.25) is 5.02 Å². The SMILES string of the molecule is CCC1(c2ccccc2)NC(=O)N(Cc2cc(Cl)c3c(c2)OCCO3)C1=O. The van der Waals surface area contributed by atoms with Crippen LogP contribution in [-0.2, 0) is 16.9 Å². The zero-order valence-electron chi connectivity index (χ0n) is 14.8. The summed E-state index contributed by atoms with van der Waals surface area (Å²) < 4.78 is 11.1. The molecular weight excluding hydrogens is 368 g/mol. The Bertz CT molecular complexity index is 902. The second kappa shape index (κ2) is 6.78. The van der Waals surface area contributed by atoms with Gasteiger partial charge in [-0.3, -0.25) is 9.69 Å². The molecule has 0 radical (unpaired) electrons. The summed E-state index contributed by atoms with van der Waals surface area (Å²) in [5.41, 5.74) is 0.428. The van der Waals surface area contributed by atoms with E-state index in [0.717, 1.165) is 5.56 Å². The highest BCUT2D eigenvalue weighted by Gasteiger charge is 2.51. The fraction of sp³-hybridized carbons (Fsp3) is 0.300. The Morgan fingerprint density at radius 1 is 1.15 bits per heavy atom. The summed E-state index contributed by atoms with van der Waals surface area (Å²) >= 11 is 6.28. The van der Waals surface area contributed by atoms with Gasteiger partial charge in [0.25, 0.3) is 5.91 Å². The summed E-state index contributed by atoms with van der Waals surface area (Å²) in [7, 11) is 0. The van der Waals surface area contributed by atoms with Crippen molar-refractivity contribution in [1.29, 1.82) is 0 Å². The number of nitrogens with zero attached hydrogens (tertiary/aromatic N) is 1. The predicted octanol–water partition coefficient (Wildman–Crippen LogP) is 3.47. The van der Waals surface area contributed by atoms with Gasteiger partial charge in [0.2, 0.25) is 0 Å². The standard InChI is InChI=1S/C20H19ClN2O4/c1-2-20(14-6-4-3-5-7-14)18(24)23(19(25)22-20)12-13-10-15(21)17-16(11-13)26-8-9-27-17/h3-7,10-11H,2,8-9,12H2,1H3,(H,22,25). The van der Waals surface area contributed by atoms with Crippen LogP contribution in [0.15, 0.2) is 42.5 Å². The summed E-state index contributed by atoms with van der Waals surface area (Å²) in [6.07, 6.45) is 0.458. The number of amides is 3. The molecule has 2 aliphatic heterocycles. The van der Waals surface area contributed by atoms with Crippen LogP contribution in [-0.4, -0.2) is 30.1 Å². The molecule has 2 aliphatic rings. The van der Waals surface area contributed by atoms with Gasteiger partial charge in [0.15, 0.2) is 11.5 Å². The minimum absolute atomic E-state index is 0.107. The normalized spacial score (nSPS) is 21.3. The third-order valence-electron chi connectivity index (χ3n) is 4.97. The Hall–Kier alpha value is -2.73. The van der Waals surface area contributed by atoms with Gasteiger partial charge in [-0.1, -0.05) is 48.9 Å². The number of fused-ring (bicyclic) bond motifs is 1. The molecule has 0 aromatic heterocycles. The lowest BCUT2D eigenvalue weighted by molar-refractivity contribution is -0.132. The van der Waals surface area contributed by atoms with Crippen molar-refractivity contribution >= 4 is 23.5 Å². The number of hydrogen-bond acceptors (Lipinski definition) is 4. The fourth-order valence-electron chi connectivity index (χ4n) is 3.57. The summed E-state index contributed by atoms with van der Waals surface area (Å²) in [5.74, 6) is 0.754. The lowest BCUT2D eigenvalue weighted by atomic mass is 9.87. The molecule has 2 heterocycles. The van der Waals surface area contributed by atoms with Crippen LogP contribution in [0.1, 0.15) is 24.5 Å². The molecular formula is C20H19ClN2O4. The zero-order chi connectivity index (χ0) is 19.0. The van der Waals surface area contributed by atoms with Crippen molar-refractivity contribution in [3.63, 3.8) is 0 Å². The van der Waals surface area contributed by atoms with Gasteiger partial charge in [-0.05, 0) is 29.7 Å². The van der Waals surface area contributed by atoms with E-state index in [1.54, 1.807) is 12.1 Å². The van der Waals surface area contributed by atoms with Crippen LogP contribution in [0.3, 0.4) is 0 Å². The van der Waals surface area contributed by atoms with E-state index in [1.165, 1.54) is 4.90 Å². The Kier molecular flexibility index (Phi) is 4.44. The second-order valence-corrected chi connectivity index (χ2v) is 6.96. The van der Waals surface area contributed by atoms with Gasteiger partial charge >= 0.3 is 6.03 Å². The first-order valence-electron chi connectivity index (χ1n) is 8.83. The van der Waals surface area contributed by atoms with E-state index in [-0.39, 0.29) is 12.5 Å². The molecule has 2 aromatic carbocycles. The van der Waals surface area contributed by atoms with Crippen LogP contribution < -0.4 is 14.8 Å². The third kappa shape index (κ3) is 2.90. The van der Waals surface area contributed by atoms with Gasteiger partial charge in [-0.2, -0.15) is 0 Å². The molecule has 4 rings (SSSR count). The maximum absolute atomic E-state index is 13.2. The molecule has 1 fully saturated rings. The van der Waals surface area contributed by atoms with Crippen molar-refractivity contribution in [2.24, 2.45) is 0 Å². The Morgan fingerprint density at radius 3 is 2.63 bits per heavy atom. The van der Waals surface area contributed by atoms with Crippen molar-refractivity contribution in [2.45, 2.75) is 25.4 Å². The van der Waals surface area contributed by atoms with E-state index < -0.39 is 11.6 Å². The van der Waals surface area contributed by atoms with Gasteiger partial charge < -0.3 is 14.8 Å². The van der Waals surface area contributed by atoms with Crippen LogP contribution in [0.4, 0.5) is 4.79 Å². The number of carbonyl (C=O) groups excluding carboxylic acids is 2. The minimum atomic E-state index is -1.05. The van der Waals surface area contributed by atoms with Crippen molar-refractivity contribution in [2.75, 3.05) is 13.2 Å². The molecule has 1 atom stereocenters. The largest absolute Gasteiger partial charge is 0.486 e. The molecule has 0 bridgehead atoms. The molecule has 0 aliphatic carbocycles. The highest BCUT2D eigenvalue weighted by Crippen LogP contribution is 2.39. The third-order valence-corrected chi connectivity index (χ3v) is 5.25. The number of nitrogens with one attached hydrogen (secondary N) is 1.